The molecule has 2 heterocycles. The molecule has 0 aliphatic heterocycles. The summed E-state index contributed by atoms with van der Waals surface area (Å²) in [7, 11) is 0. The largest absolute Gasteiger partial charge is 0.337 e. The maximum atomic E-state index is 10.5. The number of carbonyl (C=O) groups is 1. The molecule has 26 heavy (non-hydrogen) atoms. The zero-order chi connectivity index (χ0) is 17.9. The third kappa shape index (κ3) is 3.10. The molecule has 4 rings (SSSR count). The summed E-state index contributed by atoms with van der Waals surface area (Å²) in [6.45, 7) is 0. The Kier molecular flexibility index (Phi) is 4.25. The predicted molar refractivity (Wildman–Crippen MR) is 103 cm³/mol. The van der Waals surface area contributed by atoms with Crippen LogP contribution in [-0.2, 0) is 4.79 Å². The summed E-state index contributed by atoms with van der Waals surface area (Å²) in [6.07, 6.45) is 6.05. The number of hydrogen-bond acceptors (Lipinski definition) is 4. The fourth-order valence-electron chi connectivity index (χ4n) is 2.70. The molecular weight excluding hydrogens is 350 g/mol. The molecule has 6 nitrogen and oxygen atoms in total. The third-order valence-corrected chi connectivity index (χ3v) is 4.19. The monoisotopic (exact) mass is 363 g/mol. The molecule has 0 spiro atoms. The van der Waals surface area contributed by atoms with Gasteiger partial charge in [-0.3, -0.25) is 9.20 Å². The highest BCUT2D eigenvalue weighted by molar-refractivity contribution is 6.30. The van der Waals surface area contributed by atoms with Crippen LogP contribution in [0.3, 0.4) is 0 Å². The van der Waals surface area contributed by atoms with Gasteiger partial charge in [-0.25, -0.2) is 9.97 Å². The number of fused-ring (bicyclic) bond motifs is 1. The van der Waals surface area contributed by atoms with Crippen molar-refractivity contribution in [2.75, 3.05) is 10.6 Å². The number of rotatable bonds is 5. The van der Waals surface area contributed by atoms with Crippen molar-refractivity contribution < 1.29 is 4.79 Å². The van der Waals surface area contributed by atoms with Gasteiger partial charge >= 0.3 is 0 Å². The number of anilines is 3. The third-order valence-electron chi connectivity index (χ3n) is 3.94. The zero-order valence-electron chi connectivity index (χ0n) is 13.6. The van der Waals surface area contributed by atoms with Gasteiger partial charge in [0.15, 0.2) is 11.5 Å². The first kappa shape index (κ1) is 16.1. The summed E-state index contributed by atoms with van der Waals surface area (Å²) in [5.74, 6) is 0.642. The minimum absolute atomic E-state index is 0.642. The highest BCUT2D eigenvalue weighted by Crippen LogP contribution is 2.26. The zero-order valence-corrected chi connectivity index (χ0v) is 14.3. The molecule has 1 amide bonds. The first-order chi connectivity index (χ1) is 12.7. The maximum Gasteiger partial charge on any atom is 0.211 e. The number of benzene rings is 2. The Morgan fingerprint density at radius 1 is 0.962 bits per heavy atom. The van der Waals surface area contributed by atoms with E-state index in [4.69, 9.17) is 11.6 Å². The molecule has 0 unspecified atom stereocenters. The van der Waals surface area contributed by atoms with E-state index in [1.807, 2.05) is 65.3 Å². The summed E-state index contributed by atoms with van der Waals surface area (Å²) < 4.78 is 1.97. The molecule has 0 saturated carbocycles. The molecular formula is C19H14ClN5O. The van der Waals surface area contributed by atoms with E-state index in [1.165, 1.54) is 0 Å². The second-order valence-electron chi connectivity index (χ2n) is 5.58. The van der Waals surface area contributed by atoms with E-state index in [2.05, 4.69) is 20.6 Å². The van der Waals surface area contributed by atoms with Gasteiger partial charge in [-0.15, -0.1) is 0 Å². The van der Waals surface area contributed by atoms with Crippen LogP contribution in [0.2, 0.25) is 5.02 Å². The van der Waals surface area contributed by atoms with Gasteiger partial charge in [-0.05, 0) is 36.4 Å². The molecule has 2 aromatic heterocycles. The van der Waals surface area contributed by atoms with Crippen LogP contribution in [0.25, 0.3) is 16.9 Å². The SMILES string of the molecule is O=CNc1ccc(Nc2nccn3c(-c4ccc(Cl)cc4)cnc23)cc1. The molecule has 2 aromatic carbocycles. The number of carbonyl (C=O) groups excluding carboxylic acids is 1. The molecule has 128 valence electrons. The molecule has 0 aliphatic carbocycles. The van der Waals surface area contributed by atoms with Gasteiger partial charge in [0.25, 0.3) is 0 Å². The molecule has 0 atom stereocenters. The molecule has 2 N–H and O–H groups in total. The highest BCUT2D eigenvalue weighted by Gasteiger charge is 2.10. The van der Waals surface area contributed by atoms with Crippen LogP contribution in [0.1, 0.15) is 0 Å². The van der Waals surface area contributed by atoms with Crippen molar-refractivity contribution >= 4 is 40.9 Å². The fourth-order valence-corrected chi connectivity index (χ4v) is 2.82. The summed E-state index contributed by atoms with van der Waals surface area (Å²) in [4.78, 5) is 19.4. The lowest BCUT2D eigenvalue weighted by atomic mass is 10.2. The summed E-state index contributed by atoms with van der Waals surface area (Å²) in [6, 6.07) is 15.0. The van der Waals surface area contributed by atoms with E-state index in [1.54, 1.807) is 6.20 Å². The first-order valence-electron chi connectivity index (χ1n) is 7.90. The lowest BCUT2D eigenvalue weighted by Gasteiger charge is -2.08. The van der Waals surface area contributed by atoms with Crippen LogP contribution in [0.15, 0.2) is 67.1 Å². The Morgan fingerprint density at radius 3 is 2.42 bits per heavy atom. The maximum absolute atomic E-state index is 10.5. The van der Waals surface area contributed by atoms with Gasteiger partial charge in [-0.1, -0.05) is 23.7 Å². The fraction of sp³-hybridized carbons (Fsp3) is 0. The van der Waals surface area contributed by atoms with E-state index in [9.17, 15) is 4.79 Å². The topological polar surface area (TPSA) is 71.3 Å². The van der Waals surface area contributed by atoms with Crippen molar-refractivity contribution in [3.05, 3.63) is 72.1 Å². The number of amides is 1. The van der Waals surface area contributed by atoms with Crippen LogP contribution < -0.4 is 10.6 Å². The van der Waals surface area contributed by atoms with Gasteiger partial charge in [0, 0.05) is 34.4 Å². The van der Waals surface area contributed by atoms with Gasteiger partial charge in [-0.2, -0.15) is 0 Å². The minimum atomic E-state index is 0.642. The Morgan fingerprint density at radius 2 is 1.69 bits per heavy atom. The Labute approximate surface area is 154 Å². The van der Waals surface area contributed by atoms with Gasteiger partial charge < -0.3 is 10.6 Å². The van der Waals surface area contributed by atoms with E-state index < -0.39 is 0 Å². The van der Waals surface area contributed by atoms with E-state index in [-0.39, 0.29) is 0 Å². The number of imidazole rings is 1. The molecule has 7 heteroatoms. The standard InChI is InChI=1S/C19H14ClN5O/c20-14-3-1-13(2-4-14)17-11-22-19-18(21-9-10-25(17)19)24-16-7-5-15(6-8-16)23-12-26/h1-12H,(H,21,24)(H,23,26). The van der Waals surface area contributed by atoms with Crippen molar-refractivity contribution in [3.63, 3.8) is 0 Å². The molecule has 4 aromatic rings. The lowest BCUT2D eigenvalue weighted by molar-refractivity contribution is -0.105. The normalized spacial score (nSPS) is 10.7. The molecule has 0 radical (unpaired) electrons. The van der Waals surface area contributed by atoms with Crippen molar-refractivity contribution in [3.8, 4) is 11.3 Å². The van der Waals surface area contributed by atoms with Gasteiger partial charge in [0.05, 0.1) is 11.9 Å². The van der Waals surface area contributed by atoms with Gasteiger partial charge in [0.2, 0.25) is 6.41 Å². The van der Waals surface area contributed by atoms with Crippen LogP contribution in [0, 0.1) is 0 Å². The lowest BCUT2D eigenvalue weighted by Crippen LogP contribution is -1.99. The van der Waals surface area contributed by atoms with Crippen molar-refractivity contribution in [1.29, 1.82) is 0 Å². The number of nitrogens with zero attached hydrogens (tertiary/aromatic N) is 3. The first-order valence-corrected chi connectivity index (χ1v) is 8.28. The molecule has 0 fully saturated rings. The van der Waals surface area contributed by atoms with Crippen LogP contribution in [0.4, 0.5) is 17.2 Å². The van der Waals surface area contributed by atoms with Gasteiger partial charge in [0.1, 0.15) is 0 Å². The van der Waals surface area contributed by atoms with Crippen LogP contribution in [-0.4, -0.2) is 20.8 Å². The van der Waals surface area contributed by atoms with Crippen molar-refractivity contribution in [2.24, 2.45) is 0 Å². The number of hydrogen-bond donors (Lipinski definition) is 2. The second-order valence-corrected chi connectivity index (χ2v) is 6.02. The Hall–Kier alpha value is -3.38. The Balaban J connectivity index is 1.68. The second kappa shape index (κ2) is 6.85. The molecule has 0 aliphatic rings. The van der Waals surface area contributed by atoms with Crippen LogP contribution >= 0.6 is 11.6 Å². The molecule has 0 bridgehead atoms. The van der Waals surface area contributed by atoms with E-state index in [0.29, 0.717) is 22.9 Å². The average molecular weight is 364 g/mol. The van der Waals surface area contributed by atoms with E-state index in [0.717, 1.165) is 22.6 Å². The number of aromatic nitrogens is 3. The van der Waals surface area contributed by atoms with E-state index >= 15 is 0 Å². The smallest absolute Gasteiger partial charge is 0.211 e. The van der Waals surface area contributed by atoms with Crippen LogP contribution in [0.5, 0.6) is 0 Å². The predicted octanol–water partition coefficient (Wildman–Crippen LogP) is 4.36. The quantitative estimate of drug-likeness (QED) is 0.517. The number of nitrogens with one attached hydrogen (secondary N) is 2. The van der Waals surface area contributed by atoms with Crippen molar-refractivity contribution in [1.82, 2.24) is 14.4 Å². The Bertz CT molecular complexity index is 1060. The summed E-state index contributed by atoms with van der Waals surface area (Å²) in [5.41, 5.74) is 4.25. The van der Waals surface area contributed by atoms with Crippen molar-refractivity contribution in [2.45, 2.75) is 0 Å². The highest BCUT2D eigenvalue weighted by atomic mass is 35.5. The summed E-state index contributed by atoms with van der Waals surface area (Å²) >= 11 is 5.97. The molecule has 0 saturated heterocycles. The average Bonchev–Trinajstić information content (AvgIpc) is 3.09. The summed E-state index contributed by atoms with van der Waals surface area (Å²) in [5, 5.41) is 6.56. The minimum Gasteiger partial charge on any atom is -0.337 e. The number of halogens is 1.